The number of carbonyl (C=O) groups is 1. The molecule has 1 aliphatic carbocycles. The van der Waals surface area contributed by atoms with E-state index in [0.717, 1.165) is 0 Å². The fraction of sp³-hybridized carbons (Fsp3) is 0.692. The van der Waals surface area contributed by atoms with Gasteiger partial charge in [0.1, 0.15) is 5.76 Å². The molecule has 0 aliphatic heterocycles. The summed E-state index contributed by atoms with van der Waals surface area (Å²) >= 11 is 0. The monoisotopic (exact) mass is 316 g/mol. The van der Waals surface area contributed by atoms with Gasteiger partial charge in [-0.05, 0) is 19.8 Å². The van der Waals surface area contributed by atoms with E-state index in [1.807, 2.05) is 0 Å². The fourth-order valence-electron chi connectivity index (χ4n) is 2.75. The smallest absolute Gasteiger partial charge is 0.310 e. The number of aromatic nitrogens is 1. The molecule has 7 nitrogen and oxygen atoms in total. The average molecular weight is 316 g/mol. The molecule has 118 valence electrons. The first-order chi connectivity index (χ1) is 9.86. The van der Waals surface area contributed by atoms with Crippen LogP contribution in [0.3, 0.4) is 0 Å². The Morgan fingerprint density at radius 2 is 2.24 bits per heavy atom. The average Bonchev–Trinajstić information content (AvgIpc) is 3.07. The predicted octanol–water partition coefficient (Wildman–Crippen LogP) is 1.09. The number of nitrogens with zero attached hydrogens (tertiary/aromatic N) is 2. The minimum Gasteiger partial charge on any atom is -0.469 e. The van der Waals surface area contributed by atoms with E-state index in [-0.39, 0.29) is 6.54 Å². The molecule has 8 heteroatoms. The number of hydrogen-bond donors (Lipinski definition) is 0. The lowest BCUT2D eigenvalue weighted by Gasteiger charge is -2.24. The number of carbonyl (C=O) groups excluding carboxylic acids is 1. The van der Waals surface area contributed by atoms with Crippen molar-refractivity contribution in [2.24, 2.45) is 5.92 Å². The maximum absolute atomic E-state index is 12.6. The van der Waals surface area contributed by atoms with E-state index in [2.05, 4.69) is 5.16 Å². The zero-order valence-electron chi connectivity index (χ0n) is 12.4. The van der Waals surface area contributed by atoms with Crippen molar-refractivity contribution in [1.29, 1.82) is 0 Å². The van der Waals surface area contributed by atoms with Crippen LogP contribution in [0.2, 0.25) is 0 Å². The van der Waals surface area contributed by atoms with E-state index in [4.69, 9.17) is 9.26 Å². The second-order valence-corrected chi connectivity index (χ2v) is 7.59. The number of sulfonamides is 1. The number of aryl methyl sites for hydroxylation is 1. The van der Waals surface area contributed by atoms with Gasteiger partial charge in [0.2, 0.25) is 10.0 Å². The summed E-state index contributed by atoms with van der Waals surface area (Å²) in [6, 6.07) is 1.69. The van der Waals surface area contributed by atoms with E-state index in [1.54, 1.807) is 13.0 Å². The van der Waals surface area contributed by atoms with Gasteiger partial charge in [0.25, 0.3) is 0 Å². The molecule has 0 bridgehead atoms. The molecule has 1 aliphatic rings. The third-order valence-electron chi connectivity index (χ3n) is 3.83. The van der Waals surface area contributed by atoms with Gasteiger partial charge < -0.3 is 9.26 Å². The van der Waals surface area contributed by atoms with Crippen LogP contribution in [0.4, 0.5) is 0 Å². The minimum atomic E-state index is -3.58. The largest absolute Gasteiger partial charge is 0.469 e. The van der Waals surface area contributed by atoms with Gasteiger partial charge in [0.05, 0.1) is 30.5 Å². The first-order valence-electron chi connectivity index (χ1n) is 6.81. The van der Waals surface area contributed by atoms with Gasteiger partial charge in [-0.3, -0.25) is 4.79 Å². The zero-order chi connectivity index (χ0) is 15.6. The summed E-state index contributed by atoms with van der Waals surface area (Å²) in [6.45, 7) is 1.87. The van der Waals surface area contributed by atoms with Gasteiger partial charge in [0, 0.05) is 13.1 Å². The van der Waals surface area contributed by atoms with Crippen LogP contribution in [0.5, 0.6) is 0 Å². The van der Waals surface area contributed by atoms with Gasteiger partial charge >= 0.3 is 5.97 Å². The summed E-state index contributed by atoms with van der Waals surface area (Å²) in [7, 11) is -0.805. The molecule has 0 spiro atoms. The van der Waals surface area contributed by atoms with Gasteiger partial charge in [-0.25, -0.2) is 8.42 Å². The summed E-state index contributed by atoms with van der Waals surface area (Å²) < 4.78 is 36.1. The normalized spacial score (nSPS) is 22.7. The van der Waals surface area contributed by atoms with E-state index in [9.17, 15) is 13.2 Å². The Morgan fingerprint density at radius 3 is 2.81 bits per heavy atom. The Morgan fingerprint density at radius 1 is 1.52 bits per heavy atom. The number of hydrogen-bond acceptors (Lipinski definition) is 6. The summed E-state index contributed by atoms with van der Waals surface area (Å²) in [5.41, 5.74) is 0.547. The topological polar surface area (TPSA) is 89.7 Å². The number of ether oxygens (including phenoxy) is 1. The Hall–Kier alpha value is -1.41. The lowest BCUT2D eigenvalue weighted by Crippen LogP contribution is -2.40. The highest BCUT2D eigenvalue weighted by Crippen LogP contribution is 2.33. The van der Waals surface area contributed by atoms with Crippen LogP contribution in [0.1, 0.15) is 30.7 Å². The molecule has 0 amide bonds. The number of esters is 1. The second-order valence-electron chi connectivity index (χ2n) is 5.33. The highest BCUT2D eigenvalue weighted by atomic mass is 32.2. The van der Waals surface area contributed by atoms with Crippen LogP contribution in [0, 0.1) is 12.8 Å². The van der Waals surface area contributed by atoms with Crippen molar-refractivity contribution < 1.29 is 22.5 Å². The van der Waals surface area contributed by atoms with Gasteiger partial charge in [-0.15, -0.1) is 0 Å². The van der Waals surface area contributed by atoms with Crippen LogP contribution in [-0.2, 0) is 26.1 Å². The van der Waals surface area contributed by atoms with Gasteiger partial charge in [0.15, 0.2) is 0 Å². The second kappa shape index (κ2) is 6.15. The third-order valence-corrected chi connectivity index (χ3v) is 6.16. The number of methoxy groups -OCH3 is 1. The van der Waals surface area contributed by atoms with Crippen molar-refractivity contribution in [3.63, 3.8) is 0 Å². The SMILES string of the molecule is COC(=O)C1CCCC1S(=O)(=O)N(C)Cc1cc(C)on1. The molecule has 0 N–H and O–H groups in total. The molecule has 2 unspecified atom stereocenters. The van der Waals surface area contributed by atoms with Crippen molar-refractivity contribution in [3.05, 3.63) is 17.5 Å². The standard InChI is InChI=1S/C13H20N2O5S/c1-9-7-10(14-20-9)8-15(2)21(17,18)12-6-4-5-11(12)13(16)19-3/h7,11-12H,4-6,8H2,1-3H3. The predicted molar refractivity (Wildman–Crippen MR) is 74.8 cm³/mol. The van der Waals surface area contributed by atoms with Crippen molar-refractivity contribution >= 4 is 16.0 Å². The van der Waals surface area contributed by atoms with E-state index in [1.165, 1.54) is 18.5 Å². The van der Waals surface area contributed by atoms with Crippen LogP contribution < -0.4 is 0 Å². The lowest BCUT2D eigenvalue weighted by molar-refractivity contribution is -0.145. The minimum absolute atomic E-state index is 0.129. The molecule has 0 aromatic carbocycles. The molecular weight excluding hydrogens is 296 g/mol. The van der Waals surface area contributed by atoms with Crippen molar-refractivity contribution in [2.75, 3.05) is 14.2 Å². The summed E-state index contributed by atoms with van der Waals surface area (Å²) in [6.07, 6.45) is 1.73. The molecule has 1 aromatic rings. The molecule has 0 saturated heterocycles. The molecule has 21 heavy (non-hydrogen) atoms. The van der Waals surface area contributed by atoms with Crippen LogP contribution in [-0.4, -0.2) is 43.3 Å². The van der Waals surface area contributed by atoms with Crippen LogP contribution in [0.15, 0.2) is 10.6 Å². The Kier molecular flexibility index (Phi) is 4.67. The maximum Gasteiger partial charge on any atom is 0.310 e. The molecule has 2 rings (SSSR count). The van der Waals surface area contributed by atoms with E-state index >= 15 is 0 Å². The molecule has 2 atom stereocenters. The van der Waals surface area contributed by atoms with Crippen molar-refractivity contribution in [2.45, 2.75) is 38.0 Å². The summed E-state index contributed by atoms with van der Waals surface area (Å²) in [4.78, 5) is 11.7. The lowest BCUT2D eigenvalue weighted by atomic mass is 10.1. The van der Waals surface area contributed by atoms with Gasteiger partial charge in [-0.1, -0.05) is 11.6 Å². The summed E-state index contributed by atoms with van der Waals surface area (Å²) in [5, 5.41) is 3.07. The fourth-order valence-corrected chi connectivity index (χ4v) is 4.65. The quantitative estimate of drug-likeness (QED) is 0.755. The summed E-state index contributed by atoms with van der Waals surface area (Å²) in [5.74, 6) is -0.405. The van der Waals surface area contributed by atoms with Crippen molar-refractivity contribution in [3.8, 4) is 0 Å². The van der Waals surface area contributed by atoms with E-state index in [0.29, 0.717) is 30.7 Å². The highest BCUT2D eigenvalue weighted by molar-refractivity contribution is 7.89. The maximum atomic E-state index is 12.6. The molecule has 1 heterocycles. The number of rotatable bonds is 5. The highest BCUT2D eigenvalue weighted by Gasteiger charge is 2.44. The molecule has 0 radical (unpaired) electrons. The van der Waals surface area contributed by atoms with Crippen LogP contribution in [0.25, 0.3) is 0 Å². The zero-order valence-corrected chi connectivity index (χ0v) is 13.2. The first kappa shape index (κ1) is 16.0. The van der Waals surface area contributed by atoms with Crippen LogP contribution >= 0.6 is 0 Å². The Labute approximate surface area is 124 Å². The third kappa shape index (κ3) is 3.26. The Bertz CT molecular complexity index is 610. The van der Waals surface area contributed by atoms with Gasteiger partial charge in [-0.2, -0.15) is 4.31 Å². The first-order valence-corrected chi connectivity index (χ1v) is 8.31. The molecule has 1 saturated carbocycles. The molecule has 1 fully saturated rings. The molecular formula is C13H20N2O5S. The molecule has 1 aromatic heterocycles. The van der Waals surface area contributed by atoms with E-state index < -0.39 is 27.2 Å². The van der Waals surface area contributed by atoms with Crippen molar-refractivity contribution in [1.82, 2.24) is 9.46 Å². The Balaban J connectivity index is 2.14.